The molecule has 0 bridgehead atoms. The quantitative estimate of drug-likeness (QED) is 0.778. The lowest BCUT2D eigenvalue weighted by Crippen LogP contribution is -2.45. The van der Waals surface area contributed by atoms with Crippen LogP contribution in [0, 0.1) is 5.92 Å². The van der Waals surface area contributed by atoms with Crippen molar-refractivity contribution in [1.82, 2.24) is 23.6 Å². The Morgan fingerprint density at radius 3 is 2.78 bits per heavy atom. The molecule has 1 N–H and O–H groups in total. The van der Waals surface area contributed by atoms with Crippen LogP contribution in [0.3, 0.4) is 0 Å². The number of nitrogens with one attached hydrogen (secondary N) is 1. The van der Waals surface area contributed by atoms with Crippen molar-refractivity contribution in [3.63, 3.8) is 0 Å². The SMILES string of the molecule is CN(C)S(=O)(=O)N1CCC[C@@H](CCc2ccnc(Nc3cnccn3)c2)C1. The standard InChI is InChI=1S/C18H26N6O2S/c1-23(2)27(25,26)24-11-3-4-16(14-24)6-5-15-7-8-20-17(12-15)22-18-13-19-9-10-21-18/h7-10,12-13,16H,3-6,11,14H2,1-2H3,(H,20,21,22)/t16-/m0/s1. The van der Waals surface area contributed by atoms with Crippen molar-refractivity contribution in [3.05, 3.63) is 42.5 Å². The molecule has 0 aromatic carbocycles. The van der Waals surface area contributed by atoms with Gasteiger partial charge in [-0.1, -0.05) is 0 Å². The number of nitrogens with zero attached hydrogens (tertiary/aromatic N) is 5. The van der Waals surface area contributed by atoms with Gasteiger partial charge in [0.1, 0.15) is 11.6 Å². The van der Waals surface area contributed by atoms with Gasteiger partial charge in [0.25, 0.3) is 10.2 Å². The number of aryl methyl sites for hydroxylation is 1. The van der Waals surface area contributed by atoms with Gasteiger partial charge >= 0.3 is 0 Å². The average Bonchev–Trinajstić information content (AvgIpc) is 2.67. The third kappa shape index (κ3) is 5.21. The summed E-state index contributed by atoms with van der Waals surface area (Å²) >= 11 is 0. The lowest BCUT2D eigenvalue weighted by molar-refractivity contribution is 0.246. The topological polar surface area (TPSA) is 91.3 Å². The van der Waals surface area contributed by atoms with E-state index in [4.69, 9.17) is 0 Å². The maximum Gasteiger partial charge on any atom is 0.281 e. The Labute approximate surface area is 160 Å². The molecular weight excluding hydrogens is 364 g/mol. The summed E-state index contributed by atoms with van der Waals surface area (Å²) in [5.74, 6) is 1.76. The Morgan fingerprint density at radius 1 is 1.22 bits per heavy atom. The summed E-state index contributed by atoms with van der Waals surface area (Å²) in [6.07, 6.45) is 10.5. The normalized spacial score (nSPS) is 18.6. The number of pyridine rings is 1. The zero-order valence-corrected chi connectivity index (χ0v) is 16.6. The van der Waals surface area contributed by atoms with Crippen LogP contribution in [0.4, 0.5) is 11.6 Å². The number of aromatic nitrogens is 3. The fourth-order valence-corrected chi connectivity index (χ4v) is 4.49. The van der Waals surface area contributed by atoms with Gasteiger partial charge in [0.05, 0.1) is 6.20 Å². The predicted octanol–water partition coefficient (Wildman–Crippen LogP) is 2.07. The predicted molar refractivity (Wildman–Crippen MR) is 105 cm³/mol. The first-order valence-electron chi connectivity index (χ1n) is 9.11. The second kappa shape index (κ2) is 8.73. The molecule has 0 radical (unpaired) electrons. The Balaban J connectivity index is 1.58. The van der Waals surface area contributed by atoms with E-state index in [9.17, 15) is 8.42 Å². The van der Waals surface area contributed by atoms with Crippen LogP contribution in [0.2, 0.25) is 0 Å². The molecule has 3 rings (SSSR count). The average molecular weight is 391 g/mol. The molecule has 146 valence electrons. The molecule has 0 aliphatic carbocycles. The van der Waals surface area contributed by atoms with Crippen molar-refractivity contribution in [2.24, 2.45) is 5.92 Å². The summed E-state index contributed by atoms with van der Waals surface area (Å²) in [4.78, 5) is 12.5. The van der Waals surface area contributed by atoms with Crippen molar-refractivity contribution >= 4 is 21.8 Å². The molecule has 3 heterocycles. The number of hydrogen-bond acceptors (Lipinski definition) is 6. The smallest absolute Gasteiger partial charge is 0.281 e. The minimum Gasteiger partial charge on any atom is -0.324 e. The number of anilines is 2. The van der Waals surface area contributed by atoms with Crippen LogP contribution in [-0.2, 0) is 16.6 Å². The summed E-state index contributed by atoms with van der Waals surface area (Å²) in [5.41, 5.74) is 1.17. The van der Waals surface area contributed by atoms with Crippen molar-refractivity contribution in [2.75, 3.05) is 32.5 Å². The van der Waals surface area contributed by atoms with Gasteiger partial charge in [-0.25, -0.2) is 9.97 Å². The molecule has 0 spiro atoms. The van der Waals surface area contributed by atoms with Crippen molar-refractivity contribution in [3.8, 4) is 0 Å². The molecule has 1 aliphatic rings. The highest BCUT2D eigenvalue weighted by atomic mass is 32.2. The lowest BCUT2D eigenvalue weighted by Gasteiger charge is -2.33. The zero-order valence-electron chi connectivity index (χ0n) is 15.7. The molecule has 2 aromatic rings. The number of piperidine rings is 1. The highest BCUT2D eigenvalue weighted by molar-refractivity contribution is 7.86. The molecular formula is C18H26N6O2S. The first kappa shape index (κ1) is 19.7. The maximum absolute atomic E-state index is 12.3. The van der Waals surface area contributed by atoms with Gasteiger partial charge in [-0.2, -0.15) is 17.0 Å². The van der Waals surface area contributed by atoms with E-state index < -0.39 is 10.2 Å². The number of rotatable bonds is 7. The summed E-state index contributed by atoms with van der Waals surface area (Å²) in [7, 11) is -0.154. The molecule has 1 atom stereocenters. The van der Waals surface area contributed by atoms with Gasteiger partial charge in [0.15, 0.2) is 0 Å². The Morgan fingerprint density at radius 2 is 2.04 bits per heavy atom. The van der Waals surface area contributed by atoms with Gasteiger partial charge < -0.3 is 5.32 Å². The van der Waals surface area contributed by atoms with Crippen molar-refractivity contribution in [1.29, 1.82) is 0 Å². The zero-order chi connectivity index (χ0) is 19.3. The molecule has 9 heteroatoms. The Bertz CT molecular complexity index is 844. The number of hydrogen-bond donors (Lipinski definition) is 1. The molecule has 1 fully saturated rings. The van der Waals surface area contributed by atoms with Crippen LogP contribution in [0.25, 0.3) is 0 Å². The van der Waals surface area contributed by atoms with Gasteiger partial charge in [-0.3, -0.25) is 4.98 Å². The van der Waals surface area contributed by atoms with Crippen LogP contribution in [0.5, 0.6) is 0 Å². The van der Waals surface area contributed by atoms with Crippen LogP contribution in [0.15, 0.2) is 36.9 Å². The molecule has 1 saturated heterocycles. The van der Waals surface area contributed by atoms with Crippen molar-refractivity contribution < 1.29 is 8.42 Å². The molecule has 1 aliphatic heterocycles. The van der Waals surface area contributed by atoms with Crippen molar-refractivity contribution in [2.45, 2.75) is 25.7 Å². The van der Waals surface area contributed by atoms with E-state index in [0.29, 0.717) is 24.8 Å². The first-order chi connectivity index (χ1) is 12.9. The third-order valence-electron chi connectivity index (χ3n) is 4.75. The van der Waals surface area contributed by atoms with Gasteiger partial charge in [0.2, 0.25) is 0 Å². The summed E-state index contributed by atoms with van der Waals surface area (Å²) < 4.78 is 27.6. The van der Waals surface area contributed by atoms with Gasteiger partial charge in [-0.15, -0.1) is 0 Å². The minimum atomic E-state index is -3.32. The fourth-order valence-electron chi connectivity index (χ4n) is 3.27. The molecule has 27 heavy (non-hydrogen) atoms. The van der Waals surface area contributed by atoms with E-state index in [1.165, 1.54) is 9.87 Å². The van der Waals surface area contributed by atoms with Gasteiger partial charge in [-0.05, 0) is 49.3 Å². The summed E-state index contributed by atoms with van der Waals surface area (Å²) in [5, 5.41) is 3.14. The largest absolute Gasteiger partial charge is 0.324 e. The van der Waals surface area contributed by atoms with Gasteiger partial charge in [0, 0.05) is 45.8 Å². The lowest BCUT2D eigenvalue weighted by atomic mass is 9.93. The van der Waals surface area contributed by atoms with E-state index in [-0.39, 0.29) is 0 Å². The molecule has 0 amide bonds. The molecule has 0 unspecified atom stereocenters. The summed E-state index contributed by atoms with van der Waals surface area (Å²) in [6.45, 7) is 1.20. The third-order valence-corrected chi connectivity index (χ3v) is 6.66. The van der Waals surface area contributed by atoms with Crippen LogP contribution in [0.1, 0.15) is 24.8 Å². The Kier molecular flexibility index (Phi) is 6.35. The van der Waals surface area contributed by atoms with E-state index in [0.717, 1.165) is 31.5 Å². The van der Waals surface area contributed by atoms with E-state index in [1.807, 2.05) is 12.1 Å². The monoisotopic (exact) mass is 390 g/mol. The summed E-state index contributed by atoms with van der Waals surface area (Å²) in [6, 6.07) is 4.00. The van der Waals surface area contributed by atoms with E-state index >= 15 is 0 Å². The molecule has 8 nitrogen and oxygen atoms in total. The van der Waals surface area contributed by atoms with E-state index in [2.05, 4.69) is 20.3 Å². The highest BCUT2D eigenvalue weighted by Crippen LogP contribution is 2.24. The second-order valence-electron chi connectivity index (χ2n) is 6.96. The second-order valence-corrected chi connectivity index (χ2v) is 9.10. The fraction of sp³-hybridized carbons (Fsp3) is 0.500. The maximum atomic E-state index is 12.3. The van der Waals surface area contributed by atoms with E-state index in [1.54, 1.807) is 43.2 Å². The van der Waals surface area contributed by atoms with Crippen LogP contribution < -0.4 is 5.32 Å². The van der Waals surface area contributed by atoms with Crippen LogP contribution >= 0.6 is 0 Å². The molecule has 2 aromatic heterocycles. The highest BCUT2D eigenvalue weighted by Gasteiger charge is 2.30. The van der Waals surface area contributed by atoms with Crippen LogP contribution in [-0.4, -0.2) is 59.2 Å². The first-order valence-corrected chi connectivity index (χ1v) is 10.5. The Hall–Kier alpha value is -2.10. The molecule has 0 saturated carbocycles. The minimum absolute atomic E-state index is 0.373.